The Hall–Kier alpha value is -7.50. The van der Waals surface area contributed by atoms with E-state index in [1.807, 2.05) is 42.5 Å². The van der Waals surface area contributed by atoms with Crippen LogP contribution in [0.4, 0.5) is 0 Å². The monoisotopic (exact) mass is 717 g/mol. The highest BCUT2D eigenvalue weighted by Gasteiger charge is 2.23. The molecule has 3 heterocycles. The van der Waals surface area contributed by atoms with Gasteiger partial charge >= 0.3 is 0 Å². The molecule has 5 nitrogen and oxygen atoms in total. The molecule has 0 N–H and O–H groups in total. The SMILES string of the molecule is c1ccc(C2=NC(c3cc(-c4ccc(-c5ccccc5)cc4)cc4oc5c(-n6c7ccccc7c7ccccc76)cccc5c34)[N-]C(c3ccccc3)=N2)cc1. The van der Waals surface area contributed by atoms with Gasteiger partial charge in [-0.3, -0.25) is 4.99 Å². The summed E-state index contributed by atoms with van der Waals surface area (Å²) in [4.78, 5) is 10.3. The van der Waals surface area contributed by atoms with Crippen LogP contribution in [-0.2, 0) is 0 Å². The Morgan fingerprint density at radius 1 is 0.464 bits per heavy atom. The third-order valence-electron chi connectivity index (χ3n) is 10.8. The number of nitrogens with zero attached hydrogens (tertiary/aromatic N) is 4. The zero-order valence-electron chi connectivity index (χ0n) is 30.2. The Bertz CT molecular complexity index is 3090. The summed E-state index contributed by atoms with van der Waals surface area (Å²) in [6, 6.07) is 67.6. The smallest absolute Gasteiger partial charge is 0.159 e. The highest BCUT2D eigenvalue weighted by Crippen LogP contribution is 2.44. The van der Waals surface area contributed by atoms with Crippen LogP contribution in [0.15, 0.2) is 209 Å². The van der Waals surface area contributed by atoms with Gasteiger partial charge in [-0.05, 0) is 69.3 Å². The molecular weight excluding hydrogens is 685 g/mol. The Morgan fingerprint density at radius 2 is 1.00 bits per heavy atom. The zero-order valence-corrected chi connectivity index (χ0v) is 30.2. The lowest BCUT2D eigenvalue weighted by atomic mass is 9.95. The van der Waals surface area contributed by atoms with Crippen molar-refractivity contribution in [3.05, 3.63) is 216 Å². The van der Waals surface area contributed by atoms with Gasteiger partial charge in [-0.15, -0.1) is 0 Å². The lowest BCUT2D eigenvalue weighted by Crippen LogP contribution is -2.16. The van der Waals surface area contributed by atoms with Crippen LogP contribution in [0, 0.1) is 0 Å². The molecule has 11 rings (SSSR count). The van der Waals surface area contributed by atoms with Gasteiger partial charge in [0.1, 0.15) is 5.58 Å². The van der Waals surface area contributed by atoms with E-state index in [1.54, 1.807) is 0 Å². The molecule has 0 spiro atoms. The summed E-state index contributed by atoms with van der Waals surface area (Å²) in [5, 5.41) is 9.70. The second-order valence-electron chi connectivity index (χ2n) is 14.1. The molecule has 0 amide bonds. The number of hydrogen-bond acceptors (Lipinski definition) is 3. The predicted molar refractivity (Wildman–Crippen MR) is 231 cm³/mol. The van der Waals surface area contributed by atoms with Gasteiger partial charge in [0.25, 0.3) is 0 Å². The van der Waals surface area contributed by atoms with E-state index in [0.717, 1.165) is 66.5 Å². The Kier molecular flexibility index (Phi) is 7.49. The maximum Gasteiger partial charge on any atom is 0.159 e. The lowest BCUT2D eigenvalue weighted by molar-refractivity contribution is 0.666. The molecule has 0 saturated carbocycles. The first-order valence-electron chi connectivity index (χ1n) is 18.9. The molecule has 2 aromatic heterocycles. The number of para-hydroxylation sites is 3. The first-order chi connectivity index (χ1) is 27.8. The van der Waals surface area contributed by atoms with Crippen molar-refractivity contribution in [2.45, 2.75) is 6.17 Å². The van der Waals surface area contributed by atoms with Crippen LogP contribution in [0.3, 0.4) is 0 Å². The van der Waals surface area contributed by atoms with Crippen molar-refractivity contribution in [1.82, 2.24) is 4.57 Å². The first kappa shape index (κ1) is 32.0. The van der Waals surface area contributed by atoms with Crippen LogP contribution in [0.2, 0.25) is 0 Å². The molecule has 1 aliphatic heterocycles. The quantitative estimate of drug-likeness (QED) is 0.169. The van der Waals surface area contributed by atoms with Crippen molar-refractivity contribution >= 4 is 55.4 Å². The molecule has 0 aliphatic carbocycles. The number of aliphatic imine (C=N–C) groups is 2. The van der Waals surface area contributed by atoms with Crippen molar-refractivity contribution in [3.63, 3.8) is 0 Å². The van der Waals surface area contributed by atoms with Gasteiger partial charge in [0.2, 0.25) is 0 Å². The minimum absolute atomic E-state index is 0.582. The summed E-state index contributed by atoms with van der Waals surface area (Å²) in [6.07, 6.45) is -0.582. The fraction of sp³-hybridized carbons (Fsp3) is 0.0196. The van der Waals surface area contributed by atoms with Crippen molar-refractivity contribution in [3.8, 4) is 27.9 Å². The second-order valence-corrected chi connectivity index (χ2v) is 14.1. The van der Waals surface area contributed by atoms with Crippen LogP contribution in [0.1, 0.15) is 22.9 Å². The molecule has 0 radical (unpaired) electrons. The highest BCUT2D eigenvalue weighted by atomic mass is 16.3. The number of aromatic nitrogens is 1. The van der Waals surface area contributed by atoms with Crippen LogP contribution in [0.25, 0.3) is 77.0 Å². The molecule has 264 valence electrons. The van der Waals surface area contributed by atoms with E-state index in [4.69, 9.17) is 19.7 Å². The molecule has 1 unspecified atom stereocenters. The standard InChI is InChI=1S/C51H33N4O/c1-4-15-33(16-5-1)34-27-29-35(30-28-34)38-31-42(51-53-49(36-17-6-2-7-18-36)52-50(54-51)37-19-8-3-9-20-37)47-41-23-14-26-45(48(41)56-46(47)32-38)55-43-24-12-10-21-39(43)40-22-11-13-25-44(40)55/h1-32,51H/q-1. The van der Waals surface area contributed by atoms with Crippen molar-refractivity contribution < 1.29 is 4.42 Å². The number of hydrogen-bond donors (Lipinski definition) is 0. The van der Waals surface area contributed by atoms with E-state index in [1.165, 1.54) is 21.9 Å². The fourth-order valence-corrected chi connectivity index (χ4v) is 8.17. The third-order valence-corrected chi connectivity index (χ3v) is 10.8. The predicted octanol–water partition coefficient (Wildman–Crippen LogP) is 13.3. The molecule has 56 heavy (non-hydrogen) atoms. The Labute approximate surface area is 323 Å². The number of fused-ring (bicyclic) bond motifs is 6. The molecule has 1 aliphatic rings. The summed E-state index contributed by atoms with van der Waals surface area (Å²) < 4.78 is 9.40. The van der Waals surface area contributed by atoms with E-state index in [-0.39, 0.29) is 0 Å². The van der Waals surface area contributed by atoms with E-state index >= 15 is 0 Å². The average molecular weight is 718 g/mol. The number of rotatable bonds is 6. The van der Waals surface area contributed by atoms with Gasteiger partial charge < -0.3 is 19.3 Å². The van der Waals surface area contributed by atoms with E-state index < -0.39 is 6.17 Å². The summed E-state index contributed by atoms with van der Waals surface area (Å²) in [5.41, 5.74) is 12.1. The van der Waals surface area contributed by atoms with Gasteiger partial charge in [-0.2, -0.15) is 0 Å². The highest BCUT2D eigenvalue weighted by molar-refractivity contribution is 6.20. The number of amidine groups is 2. The molecule has 5 heteroatoms. The van der Waals surface area contributed by atoms with E-state index in [2.05, 4.69) is 156 Å². The van der Waals surface area contributed by atoms with E-state index in [0.29, 0.717) is 11.7 Å². The summed E-state index contributed by atoms with van der Waals surface area (Å²) in [6.45, 7) is 0. The maximum atomic E-state index is 7.07. The summed E-state index contributed by atoms with van der Waals surface area (Å²) in [5.74, 6) is 1.29. The van der Waals surface area contributed by atoms with Crippen LogP contribution < -0.4 is 0 Å². The fourth-order valence-electron chi connectivity index (χ4n) is 8.17. The molecule has 0 bridgehead atoms. The topological polar surface area (TPSA) is 56.9 Å². The van der Waals surface area contributed by atoms with Crippen molar-refractivity contribution in [2.24, 2.45) is 9.98 Å². The molecule has 0 saturated heterocycles. The largest absolute Gasteiger partial charge is 0.454 e. The van der Waals surface area contributed by atoms with Gasteiger partial charge in [0.15, 0.2) is 5.58 Å². The Morgan fingerprint density at radius 3 is 1.66 bits per heavy atom. The van der Waals surface area contributed by atoms with E-state index in [9.17, 15) is 0 Å². The first-order valence-corrected chi connectivity index (χ1v) is 18.9. The van der Waals surface area contributed by atoms with Gasteiger partial charge in [0.05, 0.1) is 28.7 Å². The van der Waals surface area contributed by atoms with Crippen LogP contribution >= 0.6 is 0 Å². The number of furan rings is 1. The molecule has 10 aromatic rings. The van der Waals surface area contributed by atoms with Crippen molar-refractivity contribution in [1.29, 1.82) is 0 Å². The molecule has 1 atom stereocenters. The lowest BCUT2D eigenvalue weighted by Gasteiger charge is -2.33. The minimum Gasteiger partial charge on any atom is -0.454 e. The summed E-state index contributed by atoms with van der Waals surface area (Å²) in [7, 11) is 0. The molecule has 8 aromatic carbocycles. The summed E-state index contributed by atoms with van der Waals surface area (Å²) >= 11 is 0. The average Bonchev–Trinajstić information content (AvgIpc) is 3.83. The molecular formula is C51H33N4O-. The minimum atomic E-state index is -0.582. The van der Waals surface area contributed by atoms with Gasteiger partial charge in [-0.25, -0.2) is 0 Å². The van der Waals surface area contributed by atoms with Crippen LogP contribution in [-0.4, -0.2) is 16.2 Å². The molecule has 0 fully saturated rings. The third kappa shape index (κ3) is 5.32. The maximum absolute atomic E-state index is 7.07. The second kappa shape index (κ2) is 13.1. The van der Waals surface area contributed by atoms with Crippen molar-refractivity contribution in [2.75, 3.05) is 0 Å². The van der Waals surface area contributed by atoms with Gasteiger partial charge in [-0.1, -0.05) is 170 Å². The normalized spacial score (nSPS) is 14.2. The van der Waals surface area contributed by atoms with Gasteiger partial charge in [0, 0.05) is 21.5 Å². The number of benzene rings is 8. The Balaban J connectivity index is 1.16. The van der Waals surface area contributed by atoms with Crippen LogP contribution in [0.5, 0.6) is 0 Å². The zero-order chi connectivity index (χ0) is 37.0.